The molecule has 0 spiro atoms. The van der Waals surface area contributed by atoms with E-state index in [0.29, 0.717) is 17.8 Å². The molecule has 0 saturated carbocycles. The third-order valence-corrected chi connectivity index (χ3v) is 3.22. The zero-order chi connectivity index (χ0) is 16.2. The summed E-state index contributed by atoms with van der Waals surface area (Å²) >= 11 is 0. The van der Waals surface area contributed by atoms with Gasteiger partial charge in [0.2, 0.25) is 5.91 Å². The number of carbonyl (C=O) groups excluding carboxylic acids is 2. The van der Waals surface area contributed by atoms with Crippen LogP contribution < -0.4 is 16.0 Å². The maximum atomic E-state index is 12.0. The summed E-state index contributed by atoms with van der Waals surface area (Å²) in [5.74, 6) is -0.203. The molecule has 1 rings (SSSR count). The molecule has 0 saturated heterocycles. The van der Waals surface area contributed by atoms with Crippen LogP contribution in [0.3, 0.4) is 0 Å². The molecule has 5 heteroatoms. The smallest absolute Gasteiger partial charge is 0.251 e. The number of hydrogen-bond acceptors (Lipinski definition) is 3. The SMILES string of the molecule is CCCCNCC(=O)Nc1cccc(C(=O)NCCCC)c1. The van der Waals surface area contributed by atoms with Gasteiger partial charge in [0.05, 0.1) is 6.54 Å². The van der Waals surface area contributed by atoms with E-state index in [1.807, 2.05) is 0 Å². The highest BCUT2D eigenvalue weighted by Gasteiger charge is 2.07. The normalized spacial score (nSPS) is 10.3. The van der Waals surface area contributed by atoms with E-state index in [-0.39, 0.29) is 18.4 Å². The Balaban J connectivity index is 2.46. The zero-order valence-corrected chi connectivity index (χ0v) is 13.6. The second kappa shape index (κ2) is 10.8. The van der Waals surface area contributed by atoms with Crippen molar-refractivity contribution in [2.24, 2.45) is 0 Å². The van der Waals surface area contributed by atoms with Crippen molar-refractivity contribution < 1.29 is 9.59 Å². The van der Waals surface area contributed by atoms with Crippen LogP contribution in [0.25, 0.3) is 0 Å². The summed E-state index contributed by atoms with van der Waals surface area (Å²) < 4.78 is 0. The number of anilines is 1. The minimum atomic E-state index is -0.106. The van der Waals surface area contributed by atoms with Gasteiger partial charge >= 0.3 is 0 Å². The first-order valence-corrected chi connectivity index (χ1v) is 8.06. The highest BCUT2D eigenvalue weighted by Crippen LogP contribution is 2.10. The van der Waals surface area contributed by atoms with Gasteiger partial charge in [-0.1, -0.05) is 32.8 Å². The van der Waals surface area contributed by atoms with Crippen molar-refractivity contribution in [2.75, 3.05) is 25.0 Å². The number of amides is 2. The molecule has 5 nitrogen and oxygen atoms in total. The molecule has 0 bridgehead atoms. The molecule has 0 heterocycles. The van der Waals surface area contributed by atoms with Gasteiger partial charge in [-0.15, -0.1) is 0 Å². The lowest BCUT2D eigenvalue weighted by atomic mass is 10.2. The predicted molar refractivity (Wildman–Crippen MR) is 90.1 cm³/mol. The highest BCUT2D eigenvalue weighted by molar-refractivity contribution is 5.97. The molecule has 0 aliphatic heterocycles. The second-order valence-electron chi connectivity index (χ2n) is 5.27. The first-order valence-electron chi connectivity index (χ1n) is 8.06. The lowest BCUT2D eigenvalue weighted by Gasteiger charge is -2.09. The van der Waals surface area contributed by atoms with Gasteiger partial charge in [-0.25, -0.2) is 0 Å². The van der Waals surface area contributed by atoms with E-state index in [0.717, 1.165) is 32.2 Å². The van der Waals surface area contributed by atoms with E-state index in [2.05, 4.69) is 29.8 Å². The van der Waals surface area contributed by atoms with E-state index >= 15 is 0 Å². The number of rotatable bonds is 10. The molecule has 1 aromatic carbocycles. The average Bonchev–Trinajstić information content (AvgIpc) is 2.52. The van der Waals surface area contributed by atoms with Crippen LogP contribution in [0, 0.1) is 0 Å². The summed E-state index contributed by atoms with van der Waals surface area (Å²) in [7, 11) is 0. The van der Waals surface area contributed by atoms with Gasteiger partial charge in [-0.2, -0.15) is 0 Å². The highest BCUT2D eigenvalue weighted by atomic mass is 16.2. The van der Waals surface area contributed by atoms with E-state index < -0.39 is 0 Å². The molecule has 2 amide bonds. The molecule has 0 aliphatic carbocycles. The largest absolute Gasteiger partial charge is 0.352 e. The molecule has 0 aliphatic rings. The summed E-state index contributed by atoms with van der Waals surface area (Å²) in [6, 6.07) is 7.00. The number of nitrogens with one attached hydrogen (secondary N) is 3. The van der Waals surface area contributed by atoms with Crippen molar-refractivity contribution in [2.45, 2.75) is 39.5 Å². The first-order chi connectivity index (χ1) is 10.7. The summed E-state index contributed by atoms with van der Waals surface area (Å²) in [6.45, 7) is 5.99. The maximum absolute atomic E-state index is 12.0. The number of carbonyl (C=O) groups is 2. The lowest BCUT2D eigenvalue weighted by molar-refractivity contribution is -0.115. The summed E-state index contributed by atoms with van der Waals surface area (Å²) in [4.78, 5) is 23.8. The fourth-order valence-corrected chi connectivity index (χ4v) is 1.93. The van der Waals surface area contributed by atoms with Crippen molar-refractivity contribution in [1.29, 1.82) is 0 Å². The van der Waals surface area contributed by atoms with Crippen molar-refractivity contribution in [3.05, 3.63) is 29.8 Å². The van der Waals surface area contributed by atoms with Crippen LogP contribution in [-0.2, 0) is 4.79 Å². The third-order valence-electron chi connectivity index (χ3n) is 3.22. The van der Waals surface area contributed by atoms with Gasteiger partial charge in [0, 0.05) is 17.8 Å². The Kier molecular flexibility index (Phi) is 8.91. The van der Waals surface area contributed by atoms with Gasteiger partial charge in [0.25, 0.3) is 5.91 Å². The van der Waals surface area contributed by atoms with Crippen LogP contribution >= 0.6 is 0 Å². The maximum Gasteiger partial charge on any atom is 0.251 e. The topological polar surface area (TPSA) is 70.2 Å². The summed E-state index contributed by atoms with van der Waals surface area (Å²) in [5.41, 5.74) is 1.21. The Morgan fingerprint density at radius 1 is 1.05 bits per heavy atom. The Morgan fingerprint density at radius 3 is 2.50 bits per heavy atom. The lowest BCUT2D eigenvalue weighted by Crippen LogP contribution is -2.29. The molecule has 122 valence electrons. The van der Waals surface area contributed by atoms with Crippen LogP contribution in [0.5, 0.6) is 0 Å². The van der Waals surface area contributed by atoms with Crippen molar-refractivity contribution >= 4 is 17.5 Å². The van der Waals surface area contributed by atoms with E-state index in [1.54, 1.807) is 24.3 Å². The van der Waals surface area contributed by atoms with E-state index in [9.17, 15) is 9.59 Å². The molecule has 1 aromatic rings. The van der Waals surface area contributed by atoms with Crippen LogP contribution in [0.2, 0.25) is 0 Å². The Labute approximate surface area is 132 Å². The van der Waals surface area contributed by atoms with Crippen molar-refractivity contribution in [3.63, 3.8) is 0 Å². The summed E-state index contributed by atoms with van der Waals surface area (Å²) in [5, 5.41) is 8.75. The molecule has 0 aromatic heterocycles. The van der Waals surface area contributed by atoms with Crippen molar-refractivity contribution in [1.82, 2.24) is 10.6 Å². The molecular formula is C17H27N3O2. The molecule has 3 N–H and O–H groups in total. The average molecular weight is 305 g/mol. The zero-order valence-electron chi connectivity index (χ0n) is 13.6. The summed E-state index contributed by atoms with van der Waals surface area (Å²) in [6.07, 6.45) is 4.16. The molecule has 0 unspecified atom stereocenters. The molecule has 22 heavy (non-hydrogen) atoms. The molecule has 0 atom stereocenters. The van der Waals surface area contributed by atoms with Gasteiger partial charge in [0.15, 0.2) is 0 Å². The minimum Gasteiger partial charge on any atom is -0.352 e. The van der Waals surface area contributed by atoms with Crippen LogP contribution in [0.4, 0.5) is 5.69 Å². The van der Waals surface area contributed by atoms with Gasteiger partial charge < -0.3 is 16.0 Å². The Morgan fingerprint density at radius 2 is 1.77 bits per heavy atom. The molecule has 0 radical (unpaired) electrons. The van der Waals surface area contributed by atoms with Crippen LogP contribution in [0.1, 0.15) is 49.9 Å². The monoisotopic (exact) mass is 305 g/mol. The number of unbranched alkanes of at least 4 members (excludes halogenated alkanes) is 2. The molecule has 0 fully saturated rings. The van der Waals surface area contributed by atoms with Gasteiger partial charge in [-0.05, 0) is 37.6 Å². The quantitative estimate of drug-likeness (QED) is 0.582. The van der Waals surface area contributed by atoms with Crippen molar-refractivity contribution in [3.8, 4) is 0 Å². The number of benzene rings is 1. The van der Waals surface area contributed by atoms with Crippen LogP contribution in [-0.4, -0.2) is 31.4 Å². The fraction of sp³-hybridized carbons (Fsp3) is 0.529. The third kappa shape index (κ3) is 7.22. The van der Waals surface area contributed by atoms with Gasteiger partial charge in [-0.3, -0.25) is 9.59 Å². The van der Waals surface area contributed by atoms with Crippen LogP contribution in [0.15, 0.2) is 24.3 Å². The standard InChI is InChI=1S/C17H27N3O2/c1-3-5-10-18-13-16(21)20-15-9-7-8-14(12-15)17(22)19-11-6-4-2/h7-9,12,18H,3-6,10-11,13H2,1-2H3,(H,19,22)(H,20,21). The number of hydrogen-bond donors (Lipinski definition) is 3. The predicted octanol–water partition coefficient (Wildman–Crippen LogP) is 2.54. The van der Waals surface area contributed by atoms with Gasteiger partial charge in [0.1, 0.15) is 0 Å². The first kappa shape index (κ1) is 18.2. The van der Waals surface area contributed by atoms with E-state index in [4.69, 9.17) is 0 Å². The Hall–Kier alpha value is -1.88. The Bertz CT molecular complexity index is 475. The molecular weight excluding hydrogens is 278 g/mol. The minimum absolute atomic E-state index is 0.0976. The second-order valence-corrected chi connectivity index (χ2v) is 5.27. The van der Waals surface area contributed by atoms with E-state index in [1.165, 1.54) is 0 Å². The fourth-order valence-electron chi connectivity index (χ4n) is 1.93.